The number of nitrogens with zero attached hydrogens (tertiary/aromatic N) is 4. The summed E-state index contributed by atoms with van der Waals surface area (Å²) in [5.74, 6) is 1.49. The van der Waals surface area contributed by atoms with Crippen molar-refractivity contribution in [2.75, 3.05) is 13.6 Å². The van der Waals surface area contributed by atoms with Gasteiger partial charge in [0.05, 0.1) is 12.1 Å². The fourth-order valence-corrected chi connectivity index (χ4v) is 2.96. The van der Waals surface area contributed by atoms with Gasteiger partial charge >= 0.3 is 0 Å². The van der Waals surface area contributed by atoms with Gasteiger partial charge in [0.25, 0.3) is 0 Å². The first kappa shape index (κ1) is 15.1. The Morgan fingerprint density at radius 1 is 1.45 bits per heavy atom. The van der Waals surface area contributed by atoms with Crippen LogP contribution in [-0.2, 0) is 0 Å². The zero-order chi connectivity index (χ0) is 15.5. The van der Waals surface area contributed by atoms with Crippen LogP contribution in [0.25, 0.3) is 11.4 Å². The molecule has 2 aromatic heterocycles. The van der Waals surface area contributed by atoms with Crippen LogP contribution in [0.1, 0.15) is 38.1 Å². The van der Waals surface area contributed by atoms with E-state index in [1.165, 1.54) is 0 Å². The molecule has 6 heteroatoms. The van der Waals surface area contributed by atoms with Gasteiger partial charge in [0.1, 0.15) is 0 Å². The fourth-order valence-electron chi connectivity index (χ4n) is 2.96. The highest BCUT2D eigenvalue weighted by Crippen LogP contribution is 2.28. The molecule has 0 bridgehead atoms. The predicted molar refractivity (Wildman–Crippen MR) is 81.9 cm³/mol. The summed E-state index contributed by atoms with van der Waals surface area (Å²) < 4.78 is 5.40. The molecule has 3 atom stereocenters. The second kappa shape index (κ2) is 6.54. The maximum Gasteiger partial charge on any atom is 0.244 e. The Balaban J connectivity index is 1.67. The lowest BCUT2D eigenvalue weighted by molar-refractivity contribution is 0.0930. The molecular formula is C16H22N4O2. The van der Waals surface area contributed by atoms with Gasteiger partial charge in [-0.3, -0.25) is 9.88 Å². The summed E-state index contributed by atoms with van der Waals surface area (Å²) in [5.41, 5.74) is 0.846. The molecule has 2 heterocycles. The molecule has 0 saturated heterocycles. The molecule has 1 N–H and O–H groups in total. The van der Waals surface area contributed by atoms with Gasteiger partial charge < -0.3 is 9.63 Å². The molecule has 0 radical (unpaired) electrons. The molecule has 22 heavy (non-hydrogen) atoms. The maximum absolute atomic E-state index is 9.96. The minimum Gasteiger partial charge on any atom is -0.393 e. The first-order valence-corrected chi connectivity index (χ1v) is 7.77. The van der Waals surface area contributed by atoms with E-state index in [9.17, 15) is 5.11 Å². The smallest absolute Gasteiger partial charge is 0.244 e. The summed E-state index contributed by atoms with van der Waals surface area (Å²) in [6.07, 6.45) is 6.37. The third-order valence-electron chi connectivity index (χ3n) is 4.52. The summed E-state index contributed by atoms with van der Waals surface area (Å²) in [4.78, 5) is 10.7. The molecule has 0 aromatic carbocycles. The van der Waals surface area contributed by atoms with Crippen molar-refractivity contribution < 1.29 is 9.63 Å². The number of pyridine rings is 1. The Morgan fingerprint density at radius 2 is 2.32 bits per heavy atom. The number of rotatable bonds is 5. The second-order valence-electron chi connectivity index (χ2n) is 6.07. The van der Waals surface area contributed by atoms with Gasteiger partial charge in [-0.2, -0.15) is 4.98 Å². The number of aliphatic hydroxyl groups excluding tert-OH is 1. The fraction of sp³-hybridized carbons (Fsp3) is 0.562. The average Bonchev–Trinajstić information content (AvgIpc) is 3.17. The first-order chi connectivity index (χ1) is 10.6. The Hall–Kier alpha value is -1.79. The van der Waals surface area contributed by atoms with E-state index >= 15 is 0 Å². The molecule has 0 aliphatic heterocycles. The lowest BCUT2D eigenvalue weighted by Crippen LogP contribution is -2.32. The predicted octanol–water partition coefficient (Wildman–Crippen LogP) is 2.29. The van der Waals surface area contributed by atoms with E-state index in [0.717, 1.165) is 31.4 Å². The number of aromatic nitrogens is 3. The second-order valence-corrected chi connectivity index (χ2v) is 6.07. The van der Waals surface area contributed by atoms with Crippen molar-refractivity contribution in [1.82, 2.24) is 20.0 Å². The lowest BCUT2D eigenvalue weighted by atomic mass is 10.0. The third kappa shape index (κ3) is 3.18. The van der Waals surface area contributed by atoms with Crippen LogP contribution in [0, 0.1) is 5.92 Å². The molecule has 6 nitrogen and oxygen atoms in total. The molecule has 1 aliphatic carbocycles. The summed E-state index contributed by atoms with van der Waals surface area (Å²) in [6.45, 7) is 2.88. The molecule has 118 valence electrons. The first-order valence-electron chi connectivity index (χ1n) is 7.77. The topological polar surface area (TPSA) is 75.3 Å². The van der Waals surface area contributed by atoms with Crippen molar-refractivity contribution in [1.29, 1.82) is 0 Å². The molecule has 3 unspecified atom stereocenters. The third-order valence-corrected chi connectivity index (χ3v) is 4.52. The highest BCUT2D eigenvalue weighted by molar-refractivity contribution is 5.51. The highest BCUT2D eigenvalue weighted by Gasteiger charge is 2.29. The van der Waals surface area contributed by atoms with Crippen LogP contribution in [0.4, 0.5) is 0 Å². The van der Waals surface area contributed by atoms with Crippen LogP contribution in [0.3, 0.4) is 0 Å². The van der Waals surface area contributed by atoms with Crippen LogP contribution in [-0.4, -0.2) is 44.8 Å². The number of aliphatic hydroxyl groups is 1. The normalized spacial score (nSPS) is 23.1. The summed E-state index contributed by atoms with van der Waals surface area (Å²) >= 11 is 0. The van der Waals surface area contributed by atoms with E-state index in [1.54, 1.807) is 12.4 Å². The average molecular weight is 302 g/mol. The summed E-state index contributed by atoms with van der Waals surface area (Å²) in [7, 11) is 2.03. The van der Waals surface area contributed by atoms with Gasteiger partial charge in [-0.15, -0.1) is 0 Å². The molecule has 1 fully saturated rings. The van der Waals surface area contributed by atoms with Crippen molar-refractivity contribution in [2.45, 2.75) is 38.3 Å². The van der Waals surface area contributed by atoms with Gasteiger partial charge in [0, 0.05) is 24.5 Å². The molecule has 1 saturated carbocycles. The van der Waals surface area contributed by atoms with Crippen LogP contribution in [0.15, 0.2) is 29.0 Å². The number of hydrogen-bond donors (Lipinski definition) is 1. The molecule has 3 rings (SSSR count). The highest BCUT2D eigenvalue weighted by atomic mass is 16.5. The standard InChI is InChI=1S/C16H22N4O2/c1-11(20(2)10-13-5-3-7-14(13)21)16-18-15(19-22-16)12-6-4-8-17-9-12/h4,6,8-9,11,13-14,21H,3,5,7,10H2,1-2H3. The minimum atomic E-state index is -0.178. The Kier molecular flexibility index (Phi) is 4.49. The van der Waals surface area contributed by atoms with Crippen molar-refractivity contribution in [3.05, 3.63) is 30.4 Å². The Morgan fingerprint density at radius 3 is 3.00 bits per heavy atom. The van der Waals surface area contributed by atoms with E-state index in [4.69, 9.17) is 4.52 Å². The molecule has 2 aromatic rings. The van der Waals surface area contributed by atoms with Gasteiger partial charge in [0.15, 0.2) is 0 Å². The van der Waals surface area contributed by atoms with Crippen LogP contribution in [0.2, 0.25) is 0 Å². The van der Waals surface area contributed by atoms with Gasteiger partial charge in [-0.05, 0) is 44.9 Å². The quantitative estimate of drug-likeness (QED) is 0.913. The van der Waals surface area contributed by atoms with Crippen molar-refractivity contribution >= 4 is 0 Å². The van der Waals surface area contributed by atoms with Crippen LogP contribution in [0.5, 0.6) is 0 Å². The summed E-state index contributed by atoms with van der Waals surface area (Å²) in [5, 5.41) is 14.0. The van der Waals surface area contributed by atoms with Gasteiger partial charge in [0.2, 0.25) is 11.7 Å². The molecule has 1 aliphatic rings. The monoisotopic (exact) mass is 302 g/mol. The van der Waals surface area contributed by atoms with E-state index < -0.39 is 0 Å². The SMILES string of the molecule is CC(c1nc(-c2cccnc2)no1)N(C)CC1CCCC1O. The van der Waals surface area contributed by atoms with Gasteiger partial charge in [-0.1, -0.05) is 11.6 Å². The summed E-state index contributed by atoms with van der Waals surface area (Å²) in [6, 6.07) is 3.78. The Bertz CT molecular complexity index is 601. The molecule has 0 spiro atoms. The van der Waals surface area contributed by atoms with E-state index in [2.05, 4.69) is 20.0 Å². The van der Waals surface area contributed by atoms with Crippen molar-refractivity contribution in [3.63, 3.8) is 0 Å². The van der Waals surface area contributed by atoms with Crippen LogP contribution >= 0.6 is 0 Å². The number of hydrogen-bond acceptors (Lipinski definition) is 6. The minimum absolute atomic E-state index is 0.0192. The lowest BCUT2D eigenvalue weighted by Gasteiger charge is -2.26. The molecule has 0 amide bonds. The Labute approximate surface area is 130 Å². The largest absolute Gasteiger partial charge is 0.393 e. The van der Waals surface area contributed by atoms with Gasteiger partial charge in [-0.25, -0.2) is 0 Å². The zero-order valence-corrected chi connectivity index (χ0v) is 13.0. The van der Waals surface area contributed by atoms with E-state index in [1.807, 2.05) is 26.1 Å². The van der Waals surface area contributed by atoms with Crippen LogP contribution < -0.4 is 0 Å². The van der Waals surface area contributed by atoms with Crippen molar-refractivity contribution in [2.24, 2.45) is 5.92 Å². The van der Waals surface area contributed by atoms with E-state index in [-0.39, 0.29) is 12.1 Å². The maximum atomic E-state index is 9.96. The zero-order valence-electron chi connectivity index (χ0n) is 13.0. The van der Waals surface area contributed by atoms with E-state index in [0.29, 0.717) is 17.6 Å². The molecular weight excluding hydrogens is 280 g/mol. The van der Waals surface area contributed by atoms with Crippen molar-refractivity contribution in [3.8, 4) is 11.4 Å².